The fourth-order valence-corrected chi connectivity index (χ4v) is 4.97. The highest BCUT2D eigenvalue weighted by Crippen LogP contribution is 2.26. The molecule has 0 saturated carbocycles. The van der Waals surface area contributed by atoms with Crippen molar-refractivity contribution in [2.24, 2.45) is 0 Å². The molecule has 3 aromatic heterocycles. The monoisotopic (exact) mass is 605 g/mol. The van der Waals surface area contributed by atoms with Gasteiger partial charge in [0.2, 0.25) is 0 Å². The Morgan fingerprint density at radius 2 is 1.77 bits per heavy atom. The Kier molecular flexibility index (Phi) is 8.81. The lowest BCUT2D eigenvalue weighted by Crippen LogP contribution is -2.31. The maximum absolute atomic E-state index is 12.0. The first kappa shape index (κ1) is 28.9. The van der Waals surface area contributed by atoms with Crippen LogP contribution in [0.25, 0.3) is 33.3 Å². The zero-order chi connectivity index (χ0) is 30.3. The van der Waals surface area contributed by atoms with Crippen molar-refractivity contribution >= 4 is 45.5 Å². The number of amides is 1. The first-order valence-electron chi connectivity index (χ1n) is 14.1. The predicted molar refractivity (Wildman–Crippen MR) is 168 cm³/mol. The van der Waals surface area contributed by atoms with E-state index in [1.165, 1.54) is 0 Å². The number of rotatable bonds is 11. The molecule has 0 unspecified atom stereocenters. The topological polar surface area (TPSA) is 124 Å². The smallest absolute Gasteiger partial charge is 0.325 e. The second-order valence-electron chi connectivity index (χ2n) is 10.1. The van der Waals surface area contributed by atoms with E-state index in [4.69, 9.17) is 21.3 Å². The number of nitrogens with zero attached hydrogens (tertiary/aromatic N) is 5. The largest absolute Gasteiger partial charge is 0.463 e. The van der Waals surface area contributed by atoms with Crippen LogP contribution in [-0.2, 0) is 22.6 Å². The zero-order valence-electron chi connectivity index (χ0n) is 23.6. The van der Waals surface area contributed by atoms with E-state index in [1.807, 2.05) is 60.7 Å². The van der Waals surface area contributed by atoms with Gasteiger partial charge in [0, 0.05) is 40.8 Å². The molecule has 3 aromatic carbocycles. The fraction of sp³-hybridized carbons (Fsp3) is 0.152. The molecule has 0 fully saturated rings. The first-order valence-corrected chi connectivity index (χ1v) is 14.4. The van der Waals surface area contributed by atoms with Crippen LogP contribution in [0.4, 0.5) is 0 Å². The van der Waals surface area contributed by atoms with E-state index in [0.717, 1.165) is 33.3 Å². The van der Waals surface area contributed by atoms with Crippen molar-refractivity contribution in [2.45, 2.75) is 13.1 Å². The van der Waals surface area contributed by atoms with Gasteiger partial charge in [-0.3, -0.25) is 14.6 Å². The van der Waals surface area contributed by atoms with Gasteiger partial charge in [-0.2, -0.15) is 0 Å². The van der Waals surface area contributed by atoms with Crippen LogP contribution in [0.1, 0.15) is 21.5 Å². The lowest BCUT2D eigenvalue weighted by molar-refractivity contribution is -0.142. The Balaban J connectivity index is 1.02. The summed E-state index contributed by atoms with van der Waals surface area (Å²) in [6, 6.07) is 28.4. The molecule has 0 bridgehead atoms. The third kappa shape index (κ3) is 6.88. The summed E-state index contributed by atoms with van der Waals surface area (Å²) in [5.74, 6) is -0.829. The van der Waals surface area contributed by atoms with Crippen LogP contribution in [0, 0.1) is 0 Å². The second-order valence-corrected chi connectivity index (χ2v) is 10.5. The summed E-state index contributed by atoms with van der Waals surface area (Å²) in [6.45, 7) is 1.42. The van der Waals surface area contributed by atoms with Gasteiger partial charge in [-0.1, -0.05) is 59.3 Å². The molecular weight excluding hydrogens is 578 g/mol. The van der Waals surface area contributed by atoms with Crippen molar-refractivity contribution < 1.29 is 14.3 Å². The van der Waals surface area contributed by atoms with Crippen LogP contribution in [0.3, 0.4) is 0 Å². The molecule has 0 saturated heterocycles. The minimum absolute atomic E-state index is 0.164. The molecule has 0 aliphatic rings. The highest BCUT2D eigenvalue weighted by Gasteiger charge is 2.12. The highest BCUT2D eigenvalue weighted by molar-refractivity contribution is 6.31. The average Bonchev–Trinajstić information content (AvgIpc) is 3.46. The minimum Gasteiger partial charge on any atom is -0.463 e. The van der Waals surface area contributed by atoms with Crippen molar-refractivity contribution in [3.8, 4) is 11.3 Å². The molecule has 0 aliphatic carbocycles. The van der Waals surface area contributed by atoms with Crippen LogP contribution in [0.2, 0.25) is 5.02 Å². The Morgan fingerprint density at radius 3 is 2.64 bits per heavy atom. The molecule has 6 rings (SSSR count). The fourth-order valence-electron chi connectivity index (χ4n) is 4.72. The first-order chi connectivity index (χ1) is 21.5. The molecule has 3 heterocycles. The number of benzene rings is 3. The summed E-state index contributed by atoms with van der Waals surface area (Å²) in [4.78, 5) is 33.2. The Morgan fingerprint density at radius 1 is 0.909 bits per heavy atom. The summed E-state index contributed by atoms with van der Waals surface area (Å²) in [6.07, 6.45) is 1.78. The Labute approximate surface area is 258 Å². The molecule has 0 aliphatic heterocycles. The summed E-state index contributed by atoms with van der Waals surface area (Å²) in [7, 11) is 0. The van der Waals surface area contributed by atoms with Gasteiger partial charge in [0.05, 0.1) is 17.8 Å². The molecule has 2 N–H and O–H groups in total. The van der Waals surface area contributed by atoms with Crippen LogP contribution in [0.15, 0.2) is 97.2 Å². The quantitative estimate of drug-likeness (QED) is 0.159. The van der Waals surface area contributed by atoms with Crippen LogP contribution < -0.4 is 10.6 Å². The summed E-state index contributed by atoms with van der Waals surface area (Å²) in [5, 5.41) is 16.1. The zero-order valence-corrected chi connectivity index (χ0v) is 24.4. The van der Waals surface area contributed by atoms with E-state index in [2.05, 4.69) is 32.0 Å². The van der Waals surface area contributed by atoms with Gasteiger partial charge in [-0.25, -0.2) is 9.67 Å². The van der Waals surface area contributed by atoms with Crippen LogP contribution in [0.5, 0.6) is 0 Å². The Hall–Kier alpha value is -5.19. The normalized spacial score (nSPS) is 11.1. The number of fused-ring (bicyclic) bond motifs is 2. The van der Waals surface area contributed by atoms with Crippen molar-refractivity contribution in [1.29, 1.82) is 0 Å². The van der Waals surface area contributed by atoms with Crippen LogP contribution >= 0.6 is 11.6 Å². The summed E-state index contributed by atoms with van der Waals surface area (Å²) < 4.78 is 6.99. The number of ether oxygens (including phenoxy) is 1. The van der Waals surface area contributed by atoms with Crippen molar-refractivity contribution in [1.82, 2.24) is 35.6 Å². The highest BCUT2D eigenvalue weighted by atomic mass is 35.5. The number of pyridine rings is 2. The van der Waals surface area contributed by atoms with E-state index in [0.29, 0.717) is 41.4 Å². The number of nitrogens with one attached hydrogen (secondary N) is 2. The van der Waals surface area contributed by atoms with Gasteiger partial charge >= 0.3 is 5.97 Å². The lowest BCUT2D eigenvalue weighted by atomic mass is 10.1. The molecule has 220 valence electrons. The molecule has 0 radical (unpaired) electrons. The van der Waals surface area contributed by atoms with Gasteiger partial charge in [0.1, 0.15) is 18.7 Å². The standard InChI is InChI=1S/C33H28ClN7O3/c34-27-18-25(9-10-26(27)19-35-15-16-44-31(42)20-37-33(43)23-5-2-1-3-6-23)29-12-13-30-32(38-29)41(40-39-30)21-22-8-11-28-24(17-22)7-4-14-36-28/h1-14,17-18,35H,15-16,19-21H2,(H,37,43). The molecule has 0 spiro atoms. The molecule has 11 heteroatoms. The lowest BCUT2D eigenvalue weighted by Gasteiger charge is -2.10. The second kappa shape index (κ2) is 13.4. The Bertz CT molecular complexity index is 1950. The van der Waals surface area contributed by atoms with E-state index < -0.39 is 5.97 Å². The number of halogens is 1. The van der Waals surface area contributed by atoms with Gasteiger partial charge in [0.15, 0.2) is 5.65 Å². The molecule has 6 aromatic rings. The number of carbonyl (C=O) groups is 2. The van der Waals surface area contributed by atoms with Gasteiger partial charge in [-0.15, -0.1) is 5.10 Å². The van der Waals surface area contributed by atoms with E-state index in [1.54, 1.807) is 35.1 Å². The number of aromatic nitrogens is 5. The van der Waals surface area contributed by atoms with Crippen LogP contribution in [-0.4, -0.2) is 56.5 Å². The van der Waals surface area contributed by atoms with E-state index >= 15 is 0 Å². The average molecular weight is 606 g/mol. The molecular formula is C33H28ClN7O3. The summed E-state index contributed by atoms with van der Waals surface area (Å²) >= 11 is 6.62. The molecule has 1 amide bonds. The van der Waals surface area contributed by atoms with Gasteiger partial charge in [0.25, 0.3) is 5.91 Å². The van der Waals surface area contributed by atoms with Crippen molar-refractivity contribution in [3.63, 3.8) is 0 Å². The number of hydrogen-bond acceptors (Lipinski definition) is 8. The van der Waals surface area contributed by atoms with Gasteiger partial charge in [-0.05, 0) is 59.7 Å². The van der Waals surface area contributed by atoms with E-state index in [-0.39, 0.29) is 19.1 Å². The SMILES string of the molecule is O=C(CNC(=O)c1ccccc1)OCCNCc1ccc(-c2ccc3nnn(Cc4ccc5ncccc5c4)c3n2)cc1Cl. The van der Waals surface area contributed by atoms with Crippen molar-refractivity contribution in [2.75, 3.05) is 19.7 Å². The maximum Gasteiger partial charge on any atom is 0.325 e. The van der Waals surface area contributed by atoms with Crippen molar-refractivity contribution in [3.05, 3.63) is 119 Å². The molecule has 0 atom stereocenters. The number of carbonyl (C=O) groups excluding carboxylic acids is 2. The minimum atomic E-state index is -0.506. The third-order valence-electron chi connectivity index (χ3n) is 6.99. The number of hydrogen-bond donors (Lipinski definition) is 2. The molecule has 44 heavy (non-hydrogen) atoms. The molecule has 10 nitrogen and oxygen atoms in total. The number of esters is 1. The summed E-state index contributed by atoms with van der Waals surface area (Å²) in [5.41, 5.74) is 6.44. The maximum atomic E-state index is 12.0. The third-order valence-corrected chi connectivity index (χ3v) is 7.35. The van der Waals surface area contributed by atoms with E-state index in [9.17, 15) is 9.59 Å². The predicted octanol–water partition coefficient (Wildman–Crippen LogP) is 4.81. The van der Waals surface area contributed by atoms with Gasteiger partial charge < -0.3 is 15.4 Å².